The van der Waals surface area contributed by atoms with Gasteiger partial charge in [-0.15, -0.1) is 0 Å². The molecule has 3 rings (SSSR count). The van der Waals surface area contributed by atoms with Crippen molar-refractivity contribution >= 4 is 48.6 Å². The average molecular weight is 464 g/mol. The summed E-state index contributed by atoms with van der Waals surface area (Å²) in [6.07, 6.45) is 0.921. The number of halogens is 2. The molecule has 0 saturated heterocycles. The van der Waals surface area contributed by atoms with Crippen molar-refractivity contribution in [3.8, 4) is 11.5 Å². The minimum absolute atomic E-state index is 0.254. The number of carbonyl (C=O) groups is 1. The van der Waals surface area contributed by atoms with E-state index >= 15 is 0 Å². The van der Waals surface area contributed by atoms with Crippen LogP contribution in [-0.2, 0) is 4.79 Å². The van der Waals surface area contributed by atoms with Crippen LogP contribution in [0.15, 0.2) is 69.6 Å². The van der Waals surface area contributed by atoms with Crippen molar-refractivity contribution in [2.24, 2.45) is 0 Å². The zero-order chi connectivity index (χ0) is 17.6. The first kappa shape index (κ1) is 18.0. The Labute approximate surface area is 163 Å². The van der Waals surface area contributed by atoms with E-state index in [9.17, 15) is 4.79 Å². The second-order valence-electron chi connectivity index (χ2n) is 5.53. The van der Waals surface area contributed by atoms with Crippen molar-refractivity contribution in [2.75, 3.05) is 6.61 Å². The Kier molecular flexibility index (Phi) is 6.10. The highest BCUT2D eigenvalue weighted by Crippen LogP contribution is 2.24. The number of carbonyl (C=O) groups excluding carboxylic acids is 1. The van der Waals surface area contributed by atoms with Crippen molar-refractivity contribution in [2.45, 2.75) is 12.8 Å². The minimum atomic E-state index is -0.254. The van der Waals surface area contributed by atoms with Crippen LogP contribution >= 0.6 is 31.9 Å². The van der Waals surface area contributed by atoms with Gasteiger partial charge in [0.1, 0.15) is 11.5 Å². The van der Waals surface area contributed by atoms with Gasteiger partial charge in [-0.05, 0) is 65.7 Å². The molecule has 0 N–H and O–H groups in total. The maximum atomic E-state index is 12.0. The van der Waals surface area contributed by atoms with E-state index in [0.29, 0.717) is 25.2 Å². The lowest BCUT2D eigenvalue weighted by Crippen LogP contribution is -2.09. The fourth-order valence-corrected chi connectivity index (χ4v) is 3.02. The quantitative estimate of drug-likeness (QED) is 0.250. The highest BCUT2D eigenvalue weighted by atomic mass is 79.9. The van der Waals surface area contributed by atoms with E-state index in [2.05, 4.69) is 31.9 Å². The highest BCUT2D eigenvalue weighted by molar-refractivity contribution is 9.10. The van der Waals surface area contributed by atoms with E-state index in [4.69, 9.17) is 9.47 Å². The number of fused-ring (bicyclic) bond motifs is 1. The number of hydrogen-bond acceptors (Lipinski definition) is 3. The van der Waals surface area contributed by atoms with Crippen LogP contribution in [0.25, 0.3) is 10.8 Å². The van der Waals surface area contributed by atoms with E-state index in [1.54, 1.807) is 0 Å². The fraction of sp³-hybridized carbons (Fsp3) is 0.150. The topological polar surface area (TPSA) is 35.5 Å². The number of benzene rings is 3. The molecule has 0 aliphatic rings. The van der Waals surface area contributed by atoms with Crippen LogP contribution in [-0.4, -0.2) is 12.6 Å². The van der Waals surface area contributed by atoms with Gasteiger partial charge in [0, 0.05) is 15.4 Å². The molecule has 128 valence electrons. The summed E-state index contributed by atoms with van der Waals surface area (Å²) in [5.74, 6) is 1.10. The van der Waals surface area contributed by atoms with Gasteiger partial charge in [-0.3, -0.25) is 4.79 Å². The first-order valence-electron chi connectivity index (χ1n) is 7.88. The molecule has 0 unspecified atom stereocenters. The van der Waals surface area contributed by atoms with Crippen molar-refractivity contribution in [3.63, 3.8) is 0 Å². The second kappa shape index (κ2) is 8.50. The third kappa shape index (κ3) is 5.31. The maximum Gasteiger partial charge on any atom is 0.311 e. The van der Waals surface area contributed by atoms with E-state index in [1.165, 1.54) is 0 Å². The van der Waals surface area contributed by atoms with E-state index < -0.39 is 0 Å². The molecule has 0 amide bonds. The lowest BCUT2D eigenvalue weighted by Gasteiger charge is -2.07. The minimum Gasteiger partial charge on any atom is -0.494 e. The molecule has 0 spiro atoms. The Morgan fingerprint density at radius 2 is 1.44 bits per heavy atom. The Hall–Kier alpha value is -1.85. The molecule has 0 aliphatic carbocycles. The van der Waals surface area contributed by atoms with Gasteiger partial charge in [0.25, 0.3) is 0 Å². The number of ether oxygens (including phenoxy) is 2. The van der Waals surface area contributed by atoms with E-state index in [1.807, 2.05) is 60.7 Å². The normalized spacial score (nSPS) is 10.6. The summed E-state index contributed by atoms with van der Waals surface area (Å²) in [7, 11) is 0. The highest BCUT2D eigenvalue weighted by Gasteiger charge is 2.06. The van der Waals surface area contributed by atoms with Crippen LogP contribution in [0, 0.1) is 0 Å². The summed E-state index contributed by atoms with van der Waals surface area (Å²) < 4.78 is 13.0. The lowest BCUT2D eigenvalue weighted by atomic mass is 10.1. The van der Waals surface area contributed by atoms with Gasteiger partial charge in [-0.1, -0.05) is 44.0 Å². The van der Waals surface area contributed by atoms with E-state index in [0.717, 1.165) is 25.5 Å². The predicted molar refractivity (Wildman–Crippen MR) is 106 cm³/mol. The molecule has 3 nitrogen and oxygen atoms in total. The van der Waals surface area contributed by atoms with Crippen molar-refractivity contribution in [1.29, 1.82) is 0 Å². The van der Waals surface area contributed by atoms with Gasteiger partial charge in [0.05, 0.1) is 6.61 Å². The summed E-state index contributed by atoms with van der Waals surface area (Å²) in [5.41, 5.74) is 0. The molecule has 3 aromatic carbocycles. The molecule has 0 saturated carbocycles. The van der Waals surface area contributed by atoms with Gasteiger partial charge < -0.3 is 9.47 Å². The number of rotatable bonds is 6. The molecule has 3 aromatic rings. The second-order valence-corrected chi connectivity index (χ2v) is 7.36. The summed E-state index contributed by atoms with van der Waals surface area (Å²) in [4.78, 5) is 12.0. The third-order valence-corrected chi connectivity index (χ3v) is 4.63. The molecule has 0 radical (unpaired) electrons. The Bertz CT molecular complexity index is 876. The largest absolute Gasteiger partial charge is 0.494 e. The molecule has 0 aliphatic heterocycles. The number of esters is 1. The summed E-state index contributed by atoms with van der Waals surface area (Å²) >= 11 is 6.82. The molecule has 5 heteroatoms. The smallest absolute Gasteiger partial charge is 0.311 e. The average Bonchev–Trinajstić information content (AvgIpc) is 2.60. The van der Waals surface area contributed by atoms with Crippen LogP contribution in [0.2, 0.25) is 0 Å². The molecular formula is C20H16Br2O3. The van der Waals surface area contributed by atoms with Gasteiger partial charge in [-0.2, -0.15) is 0 Å². The van der Waals surface area contributed by atoms with Gasteiger partial charge in [0.2, 0.25) is 0 Å². The van der Waals surface area contributed by atoms with Crippen molar-refractivity contribution in [3.05, 3.63) is 69.6 Å². The molecule has 0 aromatic heterocycles. The molecule has 0 atom stereocenters. The molecule has 0 bridgehead atoms. The first-order chi connectivity index (χ1) is 12.1. The third-order valence-electron chi connectivity index (χ3n) is 3.61. The molecular weight excluding hydrogens is 448 g/mol. The standard InChI is InChI=1S/C20H16Br2O3/c21-16-6-9-18(10-7-16)24-11-1-2-20(23)25-19-8-4-14-12-17(22)5-3-15(14)13-19/h3-10,12-13H,1-2,11H2. The molecule has 0 fully saturated rings. The Morgan fingerprint density at radius 3 is 2.24 bits per heavy atom. The monoisotopic (exact) mass is 462 g/mol. The zero-order valence-corrected chi connectivity index (χ0v) is 16.5. The first-order valence-corrected chi connectivity index (χ1v) is 9.47. The Balaban J connectivity index is 1.47. The van der Waals surface area contributed by atoms with Crippen molar-refractivity contribution in [1.82, 2.24) is 0 Å². The van der Waals surface area contributed by atoms with Crippen LogP contribution in [0.4, 0.5) is 0 Å². The lowest BCUT2D eigenvalue weighted by molar-refractivity contribution is -0.134. The summed E-state index contributed by atoms with van der Waals surface area (Å²) in [5, 5.41) is 2.13. The van der Waals surface area contributed by atoms with Crippen LogP contribution in [0.3, 0.4) is 0 Å². The van der Waals surface area contributed by atoms with Crippen molar-refractivity contribution < 1.29 is 14.3 Å². The summed E-state index contributed by atoms with van der Waals surface area (Å²) in [6.45, 7) is 0.475. The van der Waals surface area contributed by atoms with Crippen LogP contribution < -0.4 is 9.47 Å². The predicted octanol–water partition coefficient (Wildman–Crippen LogP) is 6.13. The Morgan fingerprint density at radius 1 is 0.800 bits per heavy atom. The SMILES string of the molecule is O=C(CCCOc1ccc(Br)cc1)Oc1ccc2cc(Br)ccc2c1. The fourth-order valence-electron chi connectivity index (χ4n) is 2.38. The summed E-state index contributed by atoms with van der Waals surface area (Å²) in [6, 6.07) is 19.2. The van der Waals surface area contributed by atoms with Crippen LogP contribution in [0.1, 0.15) is 12.8 Å². The van der Waals surface area contributed by atoms with Gasteiger partial charge in [0.15, 0.2) is 0 Å². The molecule has 0 heterocycles. The zero-order valence-electron chi connectivity index (χ0n) is 13.4. The molecule has 25 heavy (non-hydrogen) atoms. The maximum absolute atomic E-state index is 12.0. The van der Waals surface area contributed by atoms with E-state index in [-0.39, 0.29) is 5.97 Å². The van der Waals surface area contributed by atoms with Gasteiger partial charge in [-0.25, -0.2) is 0 Å². The number of hydrogen-bond donors (Lipinski definition) is 0. The van der Waals surface area contributed by atoms with Gasteiger partial charge >= 0.3 is 5.97 Å². The van der Waals surface area contributed by atoms with Crippen LogP contribution in [0.5, 0.6) is 11.5 Å².